The molecule has 0 fully saturated rings. The number of amides is 3. The lowest BCUT2D eigenvalue weighted by Gasteiger charge is -2.37. The Kier molecular flexibility index (Phi) is 5.83. The molecule has 7 heteroatoms. The lowest BCUT2D eigenvalue weighted by Crippen LogP contribution is -2.48. The second-order valence-electron chi connectivity index (χ2n) is 6.25. The van der Waals surface area contributed by atoms with Gasteiger partial charge in [0.1, 0.15) is 0 Å². The standard InChI is InChI=1S/C19H23ClN4O2/c1-2-9-21-19(26)22-13-17(25)24-12-11-23-10-5-8-16(23)18(24)14-6-3-4-7-15(14)20/h3-8,10,18H,2,9,11-13H2,1H3,(H2,21,22,26)/t18-/m1/s1. The average Bonchev–Trinajstić information content (AvgIpc) is 3.13. The predicted molar refractivity (Wildman–Crippen MR) is 101 cm³/mol. The van der Waals surface area contributed by atoms with Crippen LogP contribution in [0, 0.1) is 0 Å². The van der Waals surface area contributed by atoms with E-state index in [1.54, 1.807) is 4.90 Å². The molecule has 3 amide bonds. The summed E-state index contributed by atoms with van der Waals surface area (Å²) < 4.78 is 2.14. The van der Waals surface area contributed by atoms with E-state index in [-0.39, 0.29) is 24.5 Å². The molecular formula is C19H23ClN4O2. The average molecular weight is 375 g/mol. The first-order valence-corrected chi connectivity index (χ1v) is 9.20. The van der Waals surface area contributed by atoms with Crippen LogP contribution < -0.4 is 10.6 Å². The molecule has 2 aromatic rings. The zero-order chi connectivity index (χ0) is 18.5. The number of carbonyl (C=O) groups excluding carboxylic acids is 2. The van der Waals surface area contributed by atoms with Crippen molar-refractivity contribution in [3.8, 4) is 0 Å². The summed E-state index contributed by atoms with van der Waals surface area (Å²) in [6, 6.07) is 11.0. The molecule has 1 aliphatic heterocycles. The van der Waals surface area contributed by atoms with Crippen LogP contribution in [0.1, 0.15) is 30.6 Å². The zero-order valence-electron chi connectivity index (χ0n) is 14.7. The first-order valence-electron chi connectivity index (χ1n) is 8.82. The summed E-state index contributed by atoms with van der Waals surface area (Å²) in [4.78, 5) is 26.4. The van der Waals surface area contributed by atoms with Crippen LogP contribution in [0.4, 0.5) is 4.79 Å². The first-order chi connectivity index (χ1) is 12.6. The minimum Gasteiger partial charge on any atom is -0.348 e. The van der Waals surface area contributed by atoms with E-state index >= 15 is 0 Å². The third-order valence-electron chi connectivity index (χ3n) is 4.49. The molecule has 3 rings (SSSR count). The highest BCUT2D eigenvalue weighted by Gasteiger charge is 2.33. The van der Waals surface area contributed by atoms with Gasteiger partial charge in [-0.05, 0) is 30.2 Å². The molecule has 138 valence electrons. The van der Waals surface area contributed by atoms with E-state index in [0.29, 0.717) is 18.1 Å². The van der Waals surface area contributed by atoms with Crippen molar-refractivity contribution in [2.45, 2.75) is 25.9 Å². The Morgan fingerprint density at radius 3 is 2.73 bits per heavy atom. The summed E-state index contributed by atoms with van der Waals surface area (Å²) in [7, 11) is 0. The Hall–Kier alpha value is -2.47. The van der Waals surface area contributed by atoms with Crippen molar-refractivity contribution in [3.05, 3.63) is 58.9 Å². The SMILES string of the molecule is CCCNC(=O)NCC(=O)N1CCn2cccc2[C@H]1c1ccccc1Cl. The number of aromatic nitrogens is 1. The fourth-order valence-corrected chi connectivity index (χ4v) is 3.47. The lowest BCUT2D eigenvalue weighted by atomic mass is 9.99. The van der Waals surface area contributed by atoms with E-state index in [1.165, 1.54) is 0 Å². The van der Waals surface area contributed by atoms with Crippen molar-refractivity contribution in [1.82, 2.24) is 20.1 Å². The first kappa shape index (κ1) is 18.3. The maximum atomic E-state index is 12.8. The van der Waals surface area contributed by atoms with Gasteiger partial charge in [-0.1, -0.05) is 36.7 Å². The summed E-state index contributed by atoms with van der Waals surface area (Å²) in [5.41, 5.74) is 1.91. The third-order valence-corrected chi connectivity index (χ3v) is 4.84. The van der Waals surface area contributed by atoms with Gasteiger partial charge in [-0.2, -0.15) is 0 Å². The van der Waals surface area contributed by atoms with Gasteiger partial charge < -0.3 is 20.1 Å². The fourth-order valence-electron chi connectivity index (χ4n) is 3.23. The van der Waals surface area contributed by atoms with Gasteiger partial charge in [0, 0.05) is 36.5 Å². The minimum atomic E-state index is -0.324. The predicted octanol–water partition coefficient (Wildman–Crippen LogP) is 2.78. The van der Waals surface area contributed by atoms with Gasteiger partial charge in [0.25, 0.3) is 0 Å². The molecule has 1 atom stereocenters. The Bertz CT molecular complexity index is 789. The van der Waals surface area contributed by atoms with E-state index in [2.05, 4.69) is 15.2 Å². The summed E-state index contributed by atoms with van der Waals surface area (Å²) in [5.74, 6) is -0.131. The molecule has 0 saturated carbocycles. The highest BCUT2D eigenvalue weighted by molar-refractivity contribution is 6.31. The number of halogens is 1. The topological polar surface area (TPSA) is 66.4 Å². The molecule has 2 N–H and O–H groups in total. The maximum Gasteiger partial charge on any atom is 0.315 e. The van der Waals surface area contributed by atoms with Crippen LogP contribution in [0.15, 0.2) is 42.6 Å². The molecule has 0 bridgehead atoms. The highest BCUT2D eigenvalue weighted by atomic mass is 35.5. The Morgan fingerprint density at radius 2 is 1.96 bits per heavy atom. The molecule has 26 heavy (non-hydrogen) atoms. The van der Waals surface area contributed by atoms with Gasteiger partial charge in [0.15, 0.2) is 0 Å². The summed E-state index contributed by atoms with van der Waals surface area (Å²) in [6.45, 7) is 3.80. The number of rotatable bonds is 5. The van der Waals surface area contributed by atoms with Gasteiger partial charge in [0.2, 0.25) is 5.91 Å². The Balaban J connectivity index is 1.80. The molecule has 0 spiro atoms. The van der Waals surface area contributed by atoms with Gasteiger partial charge in [-0.25, -0.2) is 4.79 Å². The molecule has 1 aliphatic rings. The summed E-state index contributed by atoms with van der Waals surface area (Å²) in [6.07, 6.45) is 2.86. The van der Waals surface area contributed by atoms with Crippen molar-refractivity contribution in [3.63, 3.8) is 0 Å². The Morgan fingerprint density at radius 1 is 1.15 bits per heavy atom. The van der Waals surface area contributed by atoms with Crippen LogP contribution in [0.3, 0.4) is 0 Å². The van der Waals surface area contributed by atoms with Crippen LogP contribution in [0.25, 0.3) is 0 Å². The van der Waals surface area contributed by atoms with Crippen molar-refractivity contribution in [2.75, 3.05) is 19.6 Å². The van der Waals surface area contributed by atoms with Crippen LogP contribution in [-0.2, 0) is 11.3 Å². The van der Waals surface area contributed by atoms with E-state index in [9.17, 15) is 9.59 Å². The van der Waals surface area contributed by atoms with E-state index in [1.807, 2.05) is 49.5 Å². The van der Waals surface area contributed by atoms with Crippen LogP contribution in [0.2, 0.25) is 5.02 Å². The highest BCUT2D eigenvalue weighted by Crippen LogP contribution is 2.35. The molecule has 0 saturated heterocycles. The van der Waals surface area contributed by atoms with Crippen LogP contribution in [0.5, 0.6) is 0 Å². The fraction of sp³-hybridized carbons (Fsp3) is 0.368. The van der Waals surface area contributed by atoms with Gasteiger partial charge in [-0.15, -0.1) is 0 Å². The van der Waals surface area contributed by atoms with Crippen molar-refractivity contribution in [2.24, 2.45) is 0 Å². The Labute approximate surface area is 158 Å². The normalized spacial score (nSPS) is 16.1. The number of hydrogen-bond donors (Lipinski definition) is 2. The smallest absolute Gasteiger partial charge is 0.315 e. The molecule has 0 aliphatic carbocycles. The molecule has 0 unspecified atom stereocenters. The third kappa shape index (κ3) is 3.85. The monoisotopic (exact) mass is 374 g/mol. The van der Waals surface area contributed by atoms with Crippen molar-refractivity contribution < 1.29 is 9.59 Å². The number of carbonyl (C=O) groups is 2. The number of benzene rings is 1. The van der Waals surface area contributed by atoms with Crippen LogP contribution in [-0.4, -0.2) is 41.0 Å². The lowest BCUT2D eigenvalue weighted by molar-refractivity contribution is -0.132. The number of fused-ring (bicyclic) bond motifs is 1. The van der Waals surface area contributed by atoms with Crippen molar-refractivity contribution >= 4 is 23.5 Å². The molecule has 1 aromatic heterocycles. The minimum absolute atomic E-state index is 0.0444. The molecule has 1 aromatic carbocycles. The summed E-state index contributed by atoms with van der Waals surface area (Å²) in [5, 5.41) is 5.97. The second-order valence-corrected chi connectivity index (χ2v) is 6.65. The second kappa shape index (κ2) is 8.27. The number of hydrogen-bond acceptors (Lipinski definition) is 2. The maximum absolute atomic E-state index is 12.8. The van der Waals surface area contributed by atoms with E-state index in [0.717, 1.165) is 24.2 Å². The molecule has 0 radical (unpaired) electrons. The van der Waals surface area contributed by atoms with Gasteiger partial charge in [-0.3, -0.25) is 4.79 Å². The van der Waals surface area contributed by atoms with Crippen LogP contribution >= 0.6 is 11.6 Å². The van der Waals surface area contributed by atoms with E-state index in [4.69, 9.17) is 11.6 Å². The number of urea groups is 1. The number of nitrogens with zero attached hydrogens (tertiary/aromatic N) is 2. The zero-order valence-corrected chi connectivity index (χ0v) is 15.5. The quantitative estimate of drug-likeness (QED) is 0.845. The van der Waals surface area contributed by atoms with Crippen molar-refractivity contribution in [1.29, 1.82) is 0 Å². The molecular weight excluding hydrogens is 352 g/mol. The number of nitrogens with one attached hydrogen (secondary N) is 2. The molecule has 2 heterocycles. The van der Waals surface area contributed by atoms with Gasteiger partial charge >= 0.3 is 6.03 Å². The van der Waals surface area contributed by atoms with E-state index < -0.39 is 0 Å². The van der Waals surface area contributed by atoms with Gasteiger partial charge in [0.05, 0.1) is 12.6 Å². The molecule has 6 nitrogen and oxygen atoms in total. The summed E-state index contributed by atoms with van der Waals surface area (Å²) >= 11 is 6.42. The largest absolute Gasteiger partial charge is 0.348 e.